The van der Waals surface area contributed by atoms with Crippen molar-refractivity contribution in [2.24, 2.45) is 13.0 Å². The van der Waals surface area contributed by atoms with Crippen LogP contribution in [0.2, 0.25) is 0 Å². The van der Waals surface area contributed by atoms with Crippen LogP contribution in [0.1, 0.15) is 18.4 Å². The molecule has 0 unspecified atom stereocenters. The van der Waals surface area contributed by atoms with E-state index in [0.717, 1.165) is 29.2 Å². The van der Waals surface area contributed by atoms with Crippen molar-refractivity contribution in [2.45, 2.75) is 25.9 Å². The van der Waals surface area contributed by atoms with Crippen LogP contribution in [0, 0.1) is 5.92 Å². The van der Waals surface area contributed by atoms with Crippen LogP contribution in [0.5, 0.6) is 0 Å². The Morgan fingerprint density at radius 3 is 2.36 bits per heavy atom. The lowest BCUT2D eigenvalue weighted by atomic mass is 10.0. The zero-order valence-corrected chi connectivity index (χ0v) is 23.3. The number of nitrogens with zero attached hydrogens (tertiary/aromatic N) is 7. The molecule has 2 aliphatic rings. The van der Waals surface area contributed by atoms with Gasteiger partial charge in [0.15, 0.2) is 5.65 Å². The molecular weight excluding hydrogens is 518 g/mol. The van der Waals surface area contributed by atoms with E-state index in [4.69, 9.17) is 5.10 Å². The van der Waals surface area contributed by atoms with Gasteiger partial charge in [0, 0.05) is 53.9 Å². The van der Waals surface area contributed by atoms with Crippen LogP contribution in [0.3, 0.4) is 0 Å². The largest absolute Gasteiger partial charge is 0.353 e. The molecular formula is C27H33N7O4S. The van der Waals surface area contributed by atoms with E-state index in [9.17, 15) is 18.0 Å². The lowest BCUT2D eigenvalue weighted by molar-refractivity contribution is 0.353. The van der Waals surface area contributed by atoms with Gasteiger partial charge in [-0.3, -0.25) is 13.9 Å². The van der Waals surface area contributed by atoms with Gasteiger partial charge in [0.25, 0.3) is 15.8 Å². The first kappa shape index (κ1) is 25.8. The fraction of sp³-hybridized carbons (Fsp3) is 0.444. The molecule has 0 spiro atoms. The second-order valence-corrected chi connectivity index (χ2v) is 12.8. The molecule has 1 saturated carbocycles. The lowest BCUT2D eigenvalue weighted by Crippen LogP contribution is -2.52. The van der Waals surface area contributed by atoms with Crippen LogP contribution < -0.4 is 16.1 Å². The number of piperazine rings is 1. The first-order chi connectivity index (χ1) is 18.7. The van der Waals surface area contributed by atoms with Gasteiger partial charge in [0.2, 0.25) is 0 Å². The Morgan fingerprint density at radius 1 is 0.974 bits per heavy atom. The maximum absolute atomic E-state index is 13.6. The van der Waals surface area contributed by atoms with Gasteiger partial charge in [-0.1, -0.05) is 42.5 Å². The molecule has 0 amide bonds. The average Bonchev–Trinajstić information content (AvgIpc) is 3.68. The minimum absolute atomic E-state index is 0.281. The molecule has 0 atom stereocenters. The fourth-order valence-corrected chi connectivity index (χ4v) is 6.54. The molecule has 6 rings (SSSR count). The molecule has 1 aliphatic heterocycles. The molecule has 3 heterocycles. The van der Waals surface area contributed by atoms with E-state index in [-0.39, 0.29) is 24.3 Å². The Morgan fingerprint density at radius 2 is 1.67 bits per heavy atom. The number of hydrogen-bond donors (Lipinski definition) is 0. The smallest absolute Gasteiger partial charge is 0.332 e. The fourth-order valence-electron chi connectivity index (χ4n) is 5.46. The van der Waals surface area contributed by atoms with Crippen molar-refractivity contribution in [1.29, 1.82) is 0 Å². The predicted octanol–water partition coefficient (Wildman–Crippen LogP) is 1.44. The van der Waals surface area contributed by atoms with Crippen LogP contribution in [0.4, 0.5) is 5.82 Å². The van der Waals surface area contributed by atoms with Gasteiger partial charge in [-0.25, -0.2) is 9.48 Å². The van der Waals surface area contributed by atoms with Gasteiger partial charge in [0.05, 0.1) is 6.54 Å². The second kappa shape index (κ2) is 9.61. The van der Waals surface area contributed by atoms with Crippen molar-refractivity contribution in [3.8, 4) is 0 Å². The highest BCUT2D eigenvalue weighted by Gasteiger charge is 2.33. The van der Waals surface area contributed by atoms with E-state index in [1.165, 1.54) is 34.3 Å². The summed E-state index contributed by atoms with van der Waals surface area (Å²) in [4.78, 5) is 28.9. The first-order valence-corrected chi connectivity index (χ1v) is 14.7. The van der Waals surface area contributed by atoms with Crippen LogP contribution >= 0.6 is 0 Å². The minimum atomic E-state index is -3.55. The van der Waals surface area contributed by atoms with E-state index in [0.29, 0.717) is 48.9 Å². The second-order valence-electron chi connectivity index (χ2n) is 10.7. The molecule has 12 heteroatoms. The Hall–Kier alpha value is -3.48. The summed E-state index contributed by atoms with van der Waals surface area (Å²) >= 11 is 0. The lowest BCUT2D eigenvalue weighted by Gasteiger charge is -2.36. The van der Waals surface area contributed by atoms with Crippen LogP contribution in [-0.2, 0) is 30.3 Å². The maximum Gasteiger partial charge on any atom is 0.332 e. The summed E-state index contributed by atoms with van der Waals surface area (Å²) in [6.07, 6.45) is 2.12. The number of hydrogen-bond acceptors (Lipinski definition) is 6. The zero-order valence-electron chi connectivity index (χ0n) is 22.4. The third kappa shape index (κ3) is 4.46. The predicted molar refractivity (Wildman–Crippen MR) is 151 cm³/mol. The summed E-state index contributed by atoms with van der Waals surface area (Å²) in [7, 11) is 1.02. The molecule has 206 valence electrons. The normalized spacial score (nSPS) is 17.1. The molecule has 1 saturated heterocycles. The standard InChI is InChI=1S/C27H33N7O4S/c1-29(2)39(37,38)32-15-13-31(14-16-32)25-23-24(33(17-19-11-12-19)27(36)30(3)26(23)35)28-34(25)18-21-9-6-8-20-7-4-5-10-22(20)21/h4-10,19H,11-18H2,1-3H3. The van der Waals surface area contributed by atoms with Gasteiger partial charge < -0.3 is 4.90 Å². The number of fused-ring (bicyclic) bond motifs is 2. The van der Waals surface area contributed by atoms with Gasteiger partial charge in [-0.05, 0) is 35.1 Å². The van der Waals surface area contributed by atoms with Crippen molar-refractivity contribution in [1.82, 2.24) is 27.5 Å². The van der Waals surface area contributed by atoms with Crippen LogP contribution in [0.15, 0.2) is 52.1 Å². The highest BCUT2D eigenvalue weighted by Crippen LogP contribution is 2.32. The zero-order chi connectivity index (χ0) is 27.5. The van der Waals surface area contributed by atoms with E-state index in [1.807, 2.05) is 27.8 Å². The molecule has 0 bridgehead atoms. The Bertz CT molecular complexity index is 1790. The summed E-state index contributed by atoms with van der Waals surface area (Å²) in [5, 5.41) is 7.52. The van der Waals surface area contributed by atoms with Gasteiger partial charge >= 0.3 is 5.69 Å². The molecule has 39 heavy (non-hydrogen) atoms. The highest BCUT2D eigenvalue weighted by atomic mass is 32.2. The number of aromatic nitrogens is 4. The third-order valence-electron chi connectivity index (χ3n) is 7.86. The highest BCUT2D eigenvalue weighted by molar-refractivity contribution is 7.86. The minimum Gasteiger partial charge on any atom is -0.353 e. The molecule has 0 radical (unpaired) electrons. The average molecular weight is 552 g/mol. The molecule has 2 fully saturated rings. The quantitative estimate of drug-likeness (QED) is 0.344. The summed E-state index contributed by atoms with van der Waals surface area (Å²) in [5.74, 6) is 1.04. The van der Waals surface area contributed by atoms with Crippen LogP contribution in [0.25, 0.3) is 21.8 Å². The maximum atomic E-state index is 13.6. The Balaban J connectivity index is 1.50. The molecule has 0 N–H and O–H groups in total. The van der Waals surface area contributed by atoms with E-state index in [1.54, 1.807) is 4.57 Å². The number of anilines is 1. The van der Waals surface area contributed by atoms with Crippen molar-refractivity contribution in [3.05, 3.63) is 68.9 Å². The molecule has 2 aromatic carbocycles. The van der Waals surface area contributed by atoms with Gasteiger partial charge in [0.1, 0.15) is 11.2 Å². The van der Waals surface area contributed by atoms with Crippen molar-refractivity contribution >= 4 is 37.8 Å². The van der Waals surface area contributed by atoms with Crippen molar-refractivity contribution in [3.63, 3.8) is 0 Å². The Kier molecular flexibility index (Phi) is 6.35. The summed E-state index contributed by atoms with van der Waals surface area (Å²) in [6.45, 7) is 2.29. The van der Waals surface area contributed by atoms with E-state index in [2.05, 4.69) is 24.3 Å². The summed E-state index contributed by atoms with van der Waals surface area (Å²) < 4.78 is 32.8. The number of rotatable bonds is 7. The van der Waals surface area contributed by atoms with E-state index < -0.39 is 10.2 Å². The van der Waals surface area contributed by atoms with Crippen molar-refractivity contribution < 1.29 is 8.42 Å². The molecule has 2 aromatic heterocycles. The molecule has 4 aromatic rings. The van der Waals surface area contributed by atoms with E-state index >= 15 is 0 Å². The summed E-state index contributed by atoms with van der Waals surface area (Å²) in [5.41, 5.74) is 0.699. The van der Waals surface area contributed by atoms with Crippen molar-refractivity contribution in [2.75, 3.05) is 45.2 Å². The van der Waals surface area contributed by atoms with Gasteiger partial charge in [-0.2, -0.15) is 22.1 Å². The number of benzene rings is 2. The van der Waals surface area contributed by atoms with Crippen LogP contribution in [-0.4, -0.2) is 76.2 Å². The summed E-state index contributed by atoms with van der Waals surface area (Å²) in [6, 6.07) is 14.3. The van der Waals surface area contributed by atoms with Gasteiger partial charge in [-0.15, -0.1) is 0 Å². The molecule has 1 aliphatic carbocycles. The SMILES string of the molecule is CN(C)S(=O)(=O)N1CCN(c2c3c(=O)n(C)c(=O)n(CC4CC4)c3nn2Cc2cccc3ccccc23)CC1. The Labute approximate surface area is 226 Å². The third-order valence-corrected chi connectivity index (χ3v) is 9.80. The molecule has 11 nitrogen and oxygen atoms in total. The topological polar surface area (TPSA) is 106 Å². The monoisotopic (exact) mass is 551 g/mol. The first-order valence-electron chi connectivity index (χ1n) is 13.3.